The van der Waals surface area contributed by atoms with Crippen molar-refractivity contribution in [2.24, 2.45) is 0 Å². The van der Waals surface area contributed by atoms with Gasteiger partial charge in [0.05, 0.1) is 0 Å². The lowest BCUT2D eigenvalue weighted by atomic mass is 10.1. The molecule has 0 saturated heterocycles. The third-order valence-corrected chi connectivity index (χ3v) is 2.98. The molecule has 0 unspecified atom stereocenters. The zero-order valence-electron chi connectivity index (χ0n) is 10.8. The van der Waals surface area contributed by atoms with E-state index >= 15 is 0 Å². The molecule has 0 fully saturated rings. The van der Waals surface area contributed by atoms with Gasteiger partial charge in [0, 0.05) is 42.4 Å². The third-order valence-electron chi connectivity index (χ3n) is 2.17. The van der Waals surface area contributed by atoms with Gasteiger partial charge in [0.1, 0.15) is 0 Å². The monoisotopic (exact) mass is 263 g/mol. The Morgan fingerprint density at radius 1 is 1.22 bits per heavy atom. The van der Waals surface area contributed by atoms with E-state index in [2.05, 4.69) is 46.0 Å². The van der Waals surface area contributed by atoms with Gasteiger partial charge in [0.15, 0.2) is 10.3 Å². The summed E-state index contributed by atoms with van der Waals surface area (Å²) in [5.74, 6) is 0. The van der Waals surface area contributed by atoms with Crippen molar-refractivity contribution in [2.75, 3.05) is 0 Å². The van der Waals surface area contributed by atoms with Crippen molar-refractivity contribution >= 4 is 11.8 Å². The summed E-state index contributed by atoms with van der Waals surface area (Å²) < 4.78 is 0. The first-order chi connectivity index (χ1) is 8.53. The van der Waals surface area contributed by atoms with Crippen LogP contribution in [-0.4, -0.2) is 25.5 Å². The van der Waals surface area contributed by atoms with Gasteiger partial charge >= 0.3 is 0 Å². The first kappa shape index (κ1) is 13.0. The lowest BCUT2D eigenvalue weighted by Gasteiger charge is -2.20. The smallest absolute Gasteiger partial charge is 0.195 e. The molecule has 0 radical (unpaired) electrons. The quantitative estimate of drug-likeness (QED) is 0.828. The topological polar surface area (TPSA) is 66.5 Å². The minimum absolute atomic E-state index is 0.0988. The van der Waals surface area contributed by atoms with Crippen molar-refractivity contribution in [3.63, 3.8) is 0 Å². The van der Waals surface area contributed by atoms with Crippen LogP contribution in [0.5, 0.6) is 0 Å². The van der Waals surface area contributed by atoms with Crippen LogP contribution in [0.3, 0.4) is 0 Å². The van der Waals surface area contributed by atoms with E-state index in [0.717, 1.165) is 17.3 Å². The lowest BCUT2D eigenvalue weighted by Crippen LogP contribution is -2.35. The Morgan fingerprint density at radius 3 is 2.50 bits per heavy atom. The molecule has 18 heavy (non-hydrogen) atoms. The average molecular weight is 263 g/mol. The SMILES string of the molecule is CC(C)(C)NCc1cnc(Sc2ncc[nH]2)nc1. The molecule has 2 heterocycles. The molecule has 0 amide bonds. The first-order valence-corrected chi connectivity index (χ1v) is 6.58. The van der Waals surface area contributed by atoms with Crippen LogP contribution in [0, 0.1) is 0 Å². The maximum atomic E-state index is 4.31. The van der Waals surface area contributed by atoms with Gasteiger partial charge in [0.25, 0.3) is 0 Å². The molecular formula is C12H17N5S. The van der Waals surface area contributed by atoms with Crippen LogP contribution in [0.4, 0.5) is 0 Å². The molecular weight excluding hydrogens is 246 g/mol. The number of aromatic amines is 1. The second-order valence-electron chi connectivity index (χ2n) is 4.97. The number of hydrogen-bond acceptors (Lipinski definition) is 5. The van der Waals surface area contributed by atoms with E-state index in [9.17, 15) is 0 Å². The molecule has 0 bridgehead atoms. The molecule has 96 valence electrons. The second-order valence-corrected chi connectivity index (χ2v) is 5.93. The molecule has 0 aromatic carbocycles. The first-order valence-electron chi connectivity index (χ1n) is 5.76. The number of nitrogens with zero attached hydrogens (tertiary/aromatic N) is 3. The summed E-state index contributed by atoms with van der Waals surface area (Å²) in [5, 5.41) is 4.90. The van der Waals surface area contributed by atoms with Gasteiger partial charge in [-0.3, -0.25) is 0 Å². The molecule has 0 spiro atoms. The summed E-state index contributed by atoms with van der Waals surface area (Å²) in [4.78, 5) is 15.7. The lowest BCUT2D eigenvalue weighted by molar-refractivity contribution is 0.423. The number of nitrogens with one attached hydrogen (secondary N) is 2. The maximum absolute atomic E-state index is 4.31. The van der Waals surface area contributed by atoms with E-state index in [-0.39, 0.29) is 5.54 Å². The van der Waals surface area contributed by atoms with Gasteiger partial charge in [-0.2, -0.15) is 0 Å². The highest BCUT2D eigenvalue weighted by Crippen LogP contribution is 2.19. The largest absolute Gasteiger partial charge is 0.339 e. The molecule has 0 aliphatic rings. The molecule has 2 aromatic heterocycles. The standard InChI is InChI=1S/C12H17N5S/c1-12(2,3)17-8-9-6-15-11(16-7-9)18-10-13-4-5-14-10/h4-7,17H,8H2,1-3H3,(H,13,14). The third kappa shape index (κ3) is 4.12. The Balaban J connectivity index is 1.93. The molecule has 0 atom stereocenters. The van der Waals surface area contributed by atoms with E-state index in [1.165, 1.54) is 11.8 Å². The summed E-state index contributed by atoms with van der Waals surface area (Å²) in [7, 11) is 0. The van der Waals surface area contributed by atoms with E-state index in [1.54, 1.807) is 12.4 Å². The maximum Gasteiger partial charge on any atom is 0.195 e. The van der Waals surface area contributed by atoms with Gasteiger partial charge < -0.3 is 10.3 Å². The van der Waals surface area contributed by atoms with Crippen LogP contribution in [0.2, 0.25) is 0 Å². The Bertz CT molecular complexity index is 472. The summed E-state index contributed by atoms with van der Waals surface area (Å²) >= 11 is 1.42. The van der Waals surface area contributed by atoms with Crippen LogP contribution in [0.15, 0.2) is 35.1 Å². The Morgan fingerprint density at radius 2 is 1.94 bits per heavy atom. The van der Waals surface area contributed by atoms with Gasteiger partial charge in [0.2, 0.25) is 0 Å². The normalized spacial score (nSPS) is 11.7. The van der Waals surface area contributed by atoms with Crippen LogP contribution in [0.25, 0.3) is 0 Å². The second kappa shape index (κ2) is 5.49. The highest BCUT2D eigenvalue weighted by molar-refractivity contribution is 7.99. The van der Waals surface area contributed by atoms with Crippen molar-refractivity contribution in [1.29, 1.82) is 0 Å². The Hall–Kier alpha value is -1.40. The molecule has 5 nitrogen and oxygen atoms in total. The molecule has 2 rings (SSSR count). The van der Waals surface area contributed by atoms with Gasteiger partial charge in [-0.15, -0.1) is 0 Å². The summed E-state index contributed by atoms with van der Waals surface area (Å²) in [5.41, 5.74) is 1.18. The molecule has 6 heteroatoms. The fourth-order valence-electron chi connectivity index (χ4n) is 1.25. The number of hydrogen-bond donors (Lipinski definition) is 2. The predicted octanol–water partition coefficient (Wildman–Crippen LogP) is 2.24. The van der Waals surface area contributed by atoms with Crippen molar-refractivity contribution in [3.05, 3.63) is 30.4 Å². The molecule has 2 N–H and O–H groups in total. The molecule has 0 aliphatic heterocycles. The highest BCUT2D eigenvalue weighted by atomic mass is 32.2. The minimum Gasteiger partial charge on any atom is -0.339 e. The number of imidazole rings is 1. The number of aromatic nitrogens is 4. The fourth-order valence-corrected chi connectivity index (χ4v) is 1.87. The molecule has 2 aromatic rings. The predicted molar refractivity (Wildman–Crippen MR) is 71.3 cm³/mol. The van der Waals surface area contributed by atoms with Gasteiger partial charge in [-0.1, -0.05) is 0 Å². The molecule has 0 saturated carbocycles. The van der Waals surface area contributed by atoms with E-state index in [0.29, 0.717) is 5.16 Å². The van der Waals surface area contributed by atoms with Gasteiger partial charge in [-0.25, -0.2) is 15.0 Å². The van der Waals surface area contributed by atoms with Crippen LogP contribution in [0.1, 0.15) is 26.3 Å². The summed E-state index contributed by atoms with van der Waals surface area (Å²) in [6, 6.07) is 0. The zero-order chi connectivity index (χ0) is 13.0. The van der Waals surface area contributed by atoms with Crippen molar-refractivity contribution in [3.8, 4) is 0 Å². The highest BCUT2D eigenvalue weighted by Gasteiger charge is 2.09. The average Bonchev–Trinajstić information content (AvgIpc) is 2.80. The van der Waals surface area contributed by atoms with E-state index < -0.39 is 0 Å². The zero-order valence-corrected chi connectivity index (χ0v) is 11.6. The Labute approximate surface area is 111 Å². The van der Waals surface area contributed by atoms with Crippen molar-refractivity contribution < 1.29 is 0 Å². The minimum atomic E-state index is 0.0988. The van der Waals surface area contributed by atoms with Crippen molar-refractivity contribution in [1.82, 2.24) is 25.3 Å². The van der Waals surface area contributed by atoms with Crippen LogP contribution < -0.4 is 5.32 Å². The van der Waals surface area contributed by atoms with Gasteiger partial charge in [-0.05, 0) is 32.5 Å². The van der Waals surface area contributed by atoms with E-state index in [1.807, 2.05) is 12.4 Å². The Kier molecular flexibility index (Phi) is 3.98. The van der Waals surface area contributed by atoms with Crippen LogP contribution >= 0.6 is 11.8 Å². The van der Waals surface area contributed by atoms with E-state index in [4.69, 9.17) is 0 Å². The van der Waals surface area contributed by atoms with Crippen molar-refractivity contribution in [2.45, 2.75) is 43.2 Å². The summed E-state index contributed by atoms with van der Waals surface area (Å²) in [6.45, 7) is 7.17. The van der Waals surface area contributed by atoms with Crippen LogP contribution in [-0.2, 0) is 6.54 Å². The summed E-state index contributed by atoms with van der Waals surface area (Å²) in [6.07, 6.45) is 7.18. The number of rotatable bonds is 4. The number of H-pyrrole nitrogens is 1. The fraction of sp³-hybridized carbons (Fsp3) is 0.417. The molecule has 0 aliphatic carbocycles.